The lowest BCUT2D eigenvalue weighted by atomic mass is 9.85. The number of rotatable bonds is 5. The summed E-state index contributed by atoms with van der Waals surface area (Å²) in [5, 5.41) is 10.3. The molecule has 0 fully saturated rings. The van der Waals surface area contributed by atoms with Crippen LogP contribution in [0.5, 0.6) is 0 Å². The summed E-state index contributed by atoms with van der Waals surface area (Å²) >= 11 is 0. The molecule has 0 aliphatic heterocycles. The van der Waals surface area contributed by atoms with Crippen molar-refractivity contribution in [3.8, 4) is 11.1 Å². The fraction of sp³-hybridized carbons (Fsp3) is 0.368. The quantitative estimate of drug-likeness (QED) is 0.820. The highest BCUT2D eigenvalue weighted by molar-refractivity contribution is 5.63. The monoisotopic (exact) mass is 268 g/mol. The first kappa shape index (κ1) is 14.8. The lowest BCUT2D eigenvalue weighted by Crippen LogP contribution is -2.23. The van der Waals surface area contributed by atoms with Crippen molar-refractivity contribution in [1.82, 2.24) is 0 Å². The van der Waals surface area contributed by atoms with Gasteiger partial charge in [-0.15, -0.1) is 0 Å². The summed E-state index contributed by atoms with van der Waals surface area (Å²) < 4.78 is 0. The first-order valence-corrected chi connectivity index (χ1v) is 7.47. The van der Waals surface area contributed by atoms with Gasteiger partial charge in [0.2, 0.25) is 0 Å². The third-order valence-corrected chi connectivity index (χ3v) is 3.98. The van der Waals surface area contributed by atoms with Gasteiger partial charge in [0.05, 0.1) is 6.10 Å². The summed E-state index contributed by atoms with van der Waals surface area (Å²) in [6.07, 6.45) is 0.687. The number of aliphatic hydroxyl groups is 1. The van der Waals surface area contributed by atoms with Crippen LogP contribution in [0, 0.1) is 5.92 Å². The Labute approximate surface area is 122 Å². The molecule has 2 aromatic carbocycles. The van der Waals surface area contributed by atoms with Crippen LogP contribution in [-0.2, 0) is 0 Å². The second-order valence-electron chi connectivity index (χ2n) is 5.74. The minimum Gasteiger partial charge on any atom is -0.392 e. The highest BCUT2D eigenvalue weighted by atomic mass is 16.3. The molecule has 0 aliphatic carbocycles. The van der Waals surface area contributed by atoms with Crippen LogP contribution in [0.15, 0.2) is 54.6 Å². The van der Waals surface area contributed by atoms with E-state index < -0.39 is 0 Å². The Morgan fingerprint density at radius 1 is 0.850 bits per heavy atom. The molecule has 0 aromatic heterocycles. The summed E-state index contributed by atoms with van der Waals surface area (Å²) in [4.78, 5) is 0. The third-order valence-electron chi connectivity index (χ3n) is 3.98. The summed E-state index contributed by atoms with van der Waals surface area (Å²) in [6, 6.07) is 19.0. The molecule has 20 heavy (non-hydrogen) atoms. The first-order valence-electron chi connectivity index (χ1n) is 7.47. The molecule has 0 saturated carbocycles. The molecule has 0 bridgehead atoms. The largest absolute Gasteiger partial charge is 0.392 e. The molecule has 0 aliphatic rings. The van der Waals surface area contributed by atoms with E-state index in [1.54, 1.807) is 0 Å². The molecule has 1 nitrogen and oxygen atoms in total. The predicted molar refractivity (Wildman–Crippen MR) is 85.8 cm³/mol. The molecule has 0 radical (unpaired) electrons. The standard InChI is InChI=1S/C19H24O/c1-4-18(19(20)14(2)3)17-12-10-16(11-13-17)15-8-6-5-7-9-15/h5-14,18-20H,4H2,1-3H3. The second-order valence-corrected chi connectivity index (χ2v) is 5.74. The fourth-order valence-electron chi connectivity index (χ4n) is 2.69. The van der Waals surface area contributed by atoms with Gasteiger partial charge in [0.15, 0.2) is 0 Å². The van der Waals surface area contributed by atoms with Gasteiger partial charge in [0, 0.05) is 5.92 Å². The van der Waals surface area contributed by atoms with E-state index >= 15 is 0 Å². The molecule has 2 aromatic rings. The number of hydrogen-bond donors (Lipinski definition) is 1. The van der Waals surface area contributed by atoms with Crippen molar-refractivity contribution in [2.45, 2.75) is 39.2 Å². The molecule has 2 unspecified atom stereocenters. The Balaban J connectivity index is 2.23. The molecule has 0 saturated heterocycles. The van der Waals surface area contributed by atoms with Crippen LogP contribution >= 0.6 is 0 Å². The van der Waals surface area contributed by atoms with Crippen LogP contribution < -0.4 is 0 Å². The van der Waals surface area contributed by atoms with Crippen molar-refractivity contribution in [2.24, 2.45) is 5.92 Å². The molecular formula is C19H24O. The van der Waals surface area contributed by atoms with Gasteiger partial charge < -0.3 is 5.11 Å². The van der Waals surface area contributed by atoms with E-state index in [1.165, 1.54) is 16.7 Å². The second kappa shape index (κ2) is 6.71. The maximum Gasteiger partial charge on any atom is 0.0631 e. The van der Waals surface area contributed by atoms with Crippen LogP contribution in [-0.4, -0.2) is 11.2 Å². The lowest BCUT2D eigenvalue weighted by molar-refractivity contribution is 0.0943. The van der Waals surface area contributed by atoms with E-state index in [9.17, 15) is 5.11 Å². The smallest absolute Gasteiger partial charge is 0.0631 e. The van der Waals surface area contributed by atoms with E-state index in [-0.39, 0.29) is 17.9 Å². The molecular weight excluding hydrogens is 244 g/mol. The van der Waals surface area contributed by atoms with E-state index in [2.05, 4.69) is 69.3 Å². The Morgan fingerprint density at radius 2 is 1.40 bits per heavy atom. The van der Waals surface area contributed by atoms with Crippen molar-refractivity contribution >= 4 is 0 Å². The zero-order valence-electron chi connectivity index (χ0n) is 12.6. The predicted octanol–water partition coefficient (Wildman–Crippen LogP) is 4.86. The van der Waals surface area contributed by atoms with Gasteiger partial charge in [-0.05, 0) is 29.0 Å². The van der Waals surface area contributed by atoms with Gasteiger partial charge in [0.25, 0.3) is 0 Å². The third kappa shape index (κ3) is 3.29. The topological polar surface area (TPSA) is 20.2 Å². The van der Waals surface area contributed by atoms with Crippen molar-refractivity contribution < 1.29 is 5.11 Å². The maximum atomic E-state index is 10.3. The number of hydrogen-bond acceptors (Lipinski definition) is 1. The van der Waals surface area contributed by atoms with E-state index in [0.29, 0.717) is 0 Å². The van der Waals surface area contributed by atoms with E-state index in [4.69, 9.17) is 0 Å². The molecule has 2 atom stereocenters. The van der Waals surface area contributed by atoms with Gasteiger partial charge in [-0.1, -0.05) is 75.4 Å². The van der Waals surface area contributed by atoms with E-state index in [1.807, 2.05) is 6.07 Å². The van der Waals surface area contributed by atoms with Crippen LogP contribution in [0.1, 0.15) is 38.7 Å². The summed E-state index contributed by atoms with van der Waals surface area (Å²) in [6.45, 7) is 6.29. The molecule has 0 amide bonds. The molecule has 1 heteroatoms. The Morgan fingerprint density at radius 3 is 1.90 bits per heavy atom. The molecule has 2 rings (SSSR count). The van der Waals surface area contributed by atoms with E-state index in [0.717, 1.165) is 6.42 Å². The summed E-state index contributed by atoms with van der Waals surface area (Å²) in [7, 11) is 0. The van der Waals surface area contributed by atoms with Crippen molar-refractivity contribution in [3.63, 3.8) is 0 Å². The van der Waals surface area contributed by atoms with Gasteiger partial charge in [-0.2, -0.15) is 0 Å². The Hall–Kier alpha value is -1.60. The normalized spacial score (nSPS) is 14.2. The average molecular weight is 268 g/mol. The minimum atomic E-state index is -0.275. The summed E-state index contributed by atoms with van der Waals surface area (Å²) in [5.74, 6) is 0.508. The van der Waals surface area contributed by atoms with Crippen LogP contribution in [0.3, 0.4) is 0 Å². The molecule has 1 N–H and O–H groups in total. The van der Waals surface area contributed by atoms with Gasteiger partial charge in [-0.25, -0.2) is 0 Å². The first-order chi connectivity index (χ1) is 9.63. The van der Waals surface area contributed by atoms with Crippen molar-refractivity contribution in [2.75, 3.05) is 0 Å². The van der Waals surface area contributed by atoms with Gasteiger partial charge in [-0.3, -0.25) is 0 Å². The fourth-order valence-corrected chi connectivity index (χ4v) is 2.69. The SMILES string of the molecule is CCC(c1ccc(-c2ccccc2)cc1)C(O)C(C)C. The maximum absolute atomic E-state index is 10.3. The number of benzene rings is 2. The van der Waals surface area contributed by atoms with Crippen LogP contribution in [0.4, 0.5) is 0 Å². The highest BCUT2D eigenvalue weighted by Crippen LogP contribution is 2.29. The van der Waals surface area contributed by atoms with Gasteiger partial charge in [0.1, 0.15) is 0 Å². The van der Waals surface area contributed by atoms with Crippen molar-refractivity contribution in [3.05, 3.63) is 60.2 Å². The van der Waals surface area contributed by atoms with Crippen LogP contribution in [0.25, 0.3) is 11.1 Å². The Bertz CT molecular complexity index is 513. The highest BCUT2D eigenvalue weighted by Gasteiger charge is 2.22. The number of aliphatic hydroxyl groups excluding tert-OH is 1. The molecule has 0 heterocycles. The van der Waals surface area contributed by atoms with Gasteiger partial charge >= 0.3 is 0 Å². The lowest BCUT2D eigenvalue weighted by Gasteiger charge is -2.25. The molecule has 0 spiro atoms. The zero-order chi connectivity index (χ0) is 14.5. The average Bonchev–Trinajstić information content (AvgIpc) is 2.49. The molecule has 106 valence electrons. The minimum absolute atomic E-state index is 0.222. The zero-order valence-corrected chi connectivity index (χ0v) is 12.6. The van der Waals surface area contributed by atoms with Crippen LogP contribution in [0.2, 0.25) is 0 Å². The summed E-state index contributed by atoms with van der Waals surface area (Å²) in [5.41, 5.74) is 3.69. The van der Waals surface area contributed by atoms with Crippen molar-refractivity contribution in [1.29, 1.82) is 0 Å². The Kier molecular flexibility index (Phi) is 4.97.